The molecule has 0 unspecified atom stereocenters. The fourth-order valence-corrected chi connectivity index (χ4v) is 4.03. The molecular weight excluding hydrogens is 314 g/mol. The molecule has 1 aromatic carbocycles. The van der Waals surface area contributed by atoms with Crippen LogP contribution in [0.15, 0.2) is 36.7 Å². The van der Waals surface area contributed by atoms with Gasteiger partial charge in [0.1, 0.15) is 5.75 Å². The number of rotatable bonds is 5. The van der Waals surface area contributed by atoms with Crippen molar-refractivity contribution in [1.29, 1.82) is 0 Å². The lowest BCUT2D eigenvalue weighted by atomic mass is 10.0. The fourth-order valence-electron chi connectivity index (χ4n) is 4.03. The van der Waals surface area contributed by atoms with Crippen molar-refractivity contribution in [3.05, 3.63) is 47.8 Å². The third kappa shape index (κ3) is 3.41. The van der Waals surface area contributed by atoms with E-state index in [4.69, 9.17) is 4.74 Å². The zero-order valence-electron chi connectivity index (χ0n) is 14.9. The molecule has 1 amide bonds. The van der Waals surface area contributed by atoms with Gasteiger partial charge in [0.15, 0.2) is 0 Å². The Morgan fingerprint density at radius 2 is 2.12 bits per heavy atom. The summed E-state index contributed by atoms with van der Waals surface area (Å²) in [5.74, 6) is 2.33. The maximum absolute atomic E-state index is 12.8. The van der Waals surface area contributed by atoms with Crippen LogP contribution in [0.3, 0.4) is 0 Å². The molecule has 0 spiro atoms. The normalized spacial score (nSPS) is 25.2. The van der Waals surface area contributed by atoms with Crippen molar-refractivity contribution in [1.82, 2.24) is 14.7 Å². The minimum Gasteiger partial charge on any atom is -0.497 e. The smallest absolute Gasteiger partial charge is 0.226 e. The van der Waals surface area contributed by atoms with Crippen molar-refractivity contribution in [2.75, 3.05) is 20.2 Å². The number of aromatic nitrogens is 2. The summed E-state index contributed by atoms with van der Waals surface area (Å²) < 4.78 is 7.05. The van der Waals surface area contributed by atoms with E-state index < -0.39 is 0 Å². The summed E-state index contributed by atoms with van der Waals surface area (Å²) in [5, 5.41) is 4.23. The van der Waals surface area contributed by atoms with E-state index in [1.165, 1.54) is 11.1 Å². The van der Waals surface area contributed by atoms with Crippen molar-refractivity contribution >= 4 is 5.91 Å². The molecule has 2 fully saturated rings. The molecule has 2 aromatic rings. The van der Waals surface area contributed by atoms with Crippen molar-refractivity contribution in [3.63, 3.8) is 0 Å². The first-order chi connectivity index (χ1) is 12.1. The van der Waals surface area contributed by atoms with Gasteiger partial charge in [0.2, 0.25) is 5.91 Å². The topological polar surface area (TPSA) is 47.4 Å². The van der Waals surface area contributed by atoms with Crippen molar-refractivity contribution in [2.24, 2.45) is 18.9 Å². The molecule has 132 valence electrons. The van der Waals surface area contributed by atoms with Crippen LogP contribution in [0.4, 0.5) is 0 Å². The van der Waals surface area contributed by atoms with Gasteiger partial charge in [-0.15, -0.1) is 0 Å². The van der Waals surface area contributed by atoms with Crippen LogP contribution in [-0.2, 0) is 18.3 Å². The Morgan fingerprint density at radius 1 is 1.32 bits per heavy atom. The number of methoxy groups -OCH3 is 1. The third-order valence-electron chi connectivity index (χ3n) is 5.53. The van der Waals surface area contributed by atoms with Crippen LogP contribution in [0.5, 0.6) is 5.75 Å². The van der Waals surface area contributed by atoms with Crippen molar-refractivity contribution in [3.8, 4) is 5.75 Å². The first-order valence-electron chi connectivity index (χ1n) is 9.04. The number of carbonyl (C=O) groups excluding carboxylic acids is 1. The van der Waals surface area contributed by atoms with Crippen molar-refractivity contribution < 1.29 is 9.53 Å². The second-order valence-electron chi connectivity index (χ2n) is 7.39. The number of amides is 1. The number of carbonyl (C=O) groups is 1. The van der Waals surface area contributed by atoms with Gasteiger partial charge in [-0.2, -0.15) is 5.10 Å². The van der Waals surface area contributed by atoms with E-state index in [0.29, 0.717) is 17.7 Å². The number of hydrogen-bond donors (Lipinski definition) is 0. The molecule has 4 rings (SSSR count). The molecule has 0 N–H and O–H groups in total. The summed E-state index contributed by atoms with van der Waals surface area (Å²) in [6.07, 6.45) is 7.11. The van der Waals surface area contributed by atoms with Gasteiger partial charge >= 0.3 is 0 Å². The first kappa shape index (κ1) is 16.2. The van der Waals surface area contributed by atoms with Gasteiger partial charge in [0, 0.05) is 32.3 Å². The summed E-state index contributed by atoms with van der Waals surface area (Å²) in [6, 6.07) is 8.14. The molecule has 0 radical (unpaired) electrons. The van der Waals surface area contributed by atoms with Crippen LogP contribution in [-0.4, -0.2) is 40.8 Å². The summed E-state index contributed by atoms with van der Waals surface area (Å²) in [7, 11) is 3.62. The van der Waals surface area contributed by atoms with E-state index in [9.17, 15) is 4.79 Å². The van der Waals surface area contributed by atoms with Gasteiger partial charge in [-0.1, -0.05) is 12.1 Å². The van der Waals surface area contributed by atoms with Gasteiger partial charge in [-0.05, 0) is 54.4 Å². The average molecular weight is 339 g/mol. The predicted molar refractivity (Wildman–Crippen MR) is 95.4 cm³/mol. The quantitative estimate of drug-likeness (QED) is 0.841. The zero-order chi connectivity index (χ0) is 17.4. The largest absolute Gasteiger partial charge is 0.497 e. The molecule has 0 bridgehead atoms. The Balaban J connectivity index is 1.31. The summed E-state index contributed by atoms with van der Waals surface area (Å²) in [6.45, 7) is 1.79. The second-order valence-corrected chi connectivity index (χ2v) is 7.39. The standard InChI is InChI=1S/C20H25N3O2/c1-22-12-15(11-21-22)9-14-7-8-23(13-14)20(24)19-10-18(19)16-3-5-17(25-2)6-4-16/h3-6,11-12,14,18-19H,7-10,13H2,1-2H3/t14-,18+,19+/m1/s1. The molecule has 25 heavy (non-hydrogen) atoms. The average Bonchev–Trinajstić information content (AvgIpc) is 3.12. The SMILES string of the molecule is COc1ccc([C@@H]2C[C@@H]2C(=O)N2CC[C@H](Cc3cnn(C)c3)C2)cc1. The van der Waals surface area contributed by atoms with Crippen LogP contribution in [0.1, 0.15) is 29.9 Å². The van der Waals surface area contributed by atoms with Crippen LogP contribution in [0.2, 0.25) is 0 Å². The van der Waals surface area contributed by atoms with Gasteiger partial charge in [-0.25, -0.2) is 0 Å². The summed E-state index contributed by atoms with van der Waals surface area (Å²) in [4.78, 5) is 14.9. The molecule has 5 heteroatoms. The van der Waals surface area contributed by atoms with Gasteiger partial charge < -0.3 is 9.64 Å². The highest BCUT2D eigenvalue weighted by atomic mass is 16.5. The highest BCUT2D eigenvalue weighted by molar-refractivity contribution is 5.83. The zero-order valence-corrected chi connectivity index (χ0v) is 14.9. The lowest BCUT2D eigenvalue weighted by Gasteiger charge is -2.16. The van der Waals surface area contributed by atoms with E-state index in [-0.39, 0.29) is 5.92 Å². The molecule has 3 atom stereocenters. The number of ether oxygens (including phenoxy) is 1. The highest BCUT2D eigenvalue weighted by Crippen LogP contribution is 2.49. The molecule has 1 aliphatic heterocycles. The lowest BCUT2D eigenvalue weighted by Crippen LogP contribution is -2.30. The number of likely N-dealkylation sites (tertiary alicyclic amines) is 1. The number of hydrogen-bond acceptors (Lipinski definition) is 3. The summed E-state index contributed by atoms with van der Waals surface area (Å²) in [5.41, 5.74) is 2.52. The van der Waals surface area contributed by atoms with Gasteiger partial charge in [0.05, 0.1) is 13.3 Å². The Kier molecular flexibility index (Phi) is 4.24. The molecule has 1 saturated heterocycles. The Hall–Kier alpha value is -2.30. The van der Waals surface area contributed by atoms with E-state index >= 15 is 0 Å². The van der Waals surface area contributed by atoms with Crippen molar-refractivity contribution in [2.45, 2.75) is 25.2 Å². The Morgan fingerprint density at radius 3 is 2.80 bits per heavy atom. The lowest BCUT2D eigenvalue weighted by molar-refractivity contribution is -0.131. The van der Waals surface area contributed by atoms with Crippen LogP contribution < -0.4 is 4.74 Å². The molecular formula is C20H25N3O2. The highest BCUT2D eigenvalue weighted by Gasteiger charge is 2.46. The van der Waals surface area contributed by atoms with Gasteiger partial charge in [0.25, 0.3) is 0 Å². The molecule has 5 nitrogen and oxygen atoms in total. The number of nitrogens with zero attached hydrogens (tertiary/aromatic N) is 3. The minimum atomic E-state index is 0.172. The molecule has 1 aromatic heterocycles. The minimum absolute atomic E-state index is 0.172. The van der Waals surface area contributed by atoms with E-state index in [0.717, 1.165) is 38.1 Å². The third-order valence-corrected chi connectivity index (χ3v) is 5.53. The van der Waals surface area contributed by atoms with Crippen LogP contribution in [0.25, 0.3) is 0 Å². The second kappa shape index (κ2) is 6.54. The fraction of sp³-hybridized carbons (Fsp3) is 0.500. The molecule has 2 heterocycles. The number of aryl methyl sites for hydroxylation is 1. The maximum Gasteiger partial charge on any atom is 0.226 e. The van der Waals surface area contributed by atoms with Crippen LogP contribution in [0, 0.1) is 11.8 Å². The maximum atomic E-state index is 12.8. The van der Waals surface area contributed by atoms with Gasteiger partial charge in [-0.3, -0.25) is 9.48 Å². The molecule has 1 aliphatic carbocycles. The van der Waals surface area contributed by atoms with E-state index in [1.54, 1.807) is 7.11 Å². The monoisotopic (exact) mass is 339 g/mol. The van der Waals surface area contributed by atoms with Crippen LogP contribution >= 0.6 is 0 Å². The Labute approximate surface area is 148 Å². The molecule has 1 saturated carbocycles. The predicted octanol–water partition coefficient (Wildman–Crippen LogP) is 2.62. The number of benzene rings is 1. The van der Waals surface area contributed by atoms with E-state index in [2.05, 4.69) is 28.3 Å². The summed E-state index contributed by atoms with van der Waals surface area (Å²) >= 11 is 0. The molecule has 2 aliphatic rings. The first-order valence-corrected chi connectivity index (χ1v) is 9.04. The Bertz CT molecular complexity index is 753. The van der Waals surface area contributed by atoms with E-state index in [1.807, 2.05) is 30.1 Å².